The number of amides is 1. The molecule has 1 aromatic heterocycles. The van der Waals surface area contributed by atoms with Crippen molar-refractivity contribution in [2.45, 2.75) is 6.54 Å². The number of nitrogens with zero attached hydrogens (tertiary/aromatic N) is 2. The van der Waals surface area contributed by atoms with Crippen LogP contribution in [0.15, 0.2) is 79.0 Å². The zero-order valence-electron chi connectivity index (χ0n) is 16.5. The van der Waals surface area contributed by atoms with Gasteiger partial charge < -0.3 is 14.8 Å². The van der Waals surface area contributed by atoms with Gasteiger partial charge in [-0.25, -0.2) is 4.98 Å². The second kappa shape index (κ2) is 9.05. The molecular weight excluding hydrogens is 378 g/mol. The van der Waals surface area contributed by atoms with Crippen LogP contribution < -0.4 is 14.8 Å². The molecule has 0 aliphatic rings. The molecule has 6 heteroatoms. The number of aromatic nitrogens is 2. The van der Waals surface area contributed by atoms with Gasteiger partial charge in [-0.3, -0.25) is 9.78 Å². The Morgan fingerprint density at radius 1 is 0.900 bits per heavy atom. The summed E-state index contributed by atoms with van der Waals surface area (Å²) in [7, 11) is 1.62. The second-order valence-electron chi connectivity index (χ2n) is 6.68. The summed E-state index contributed by atoms with van der Waals surface area (Å²) in [4.78, 5) is 21.1. The van der Waals surface area contributed by atoms with Gasteiger partial charge in [0.15, 0.2) is 6.61 Å². The Balaban J connectivity index is 1.31. The number of rotatable bonds is 7. The van der Waals surface area contributed by atoms with E-state index >= 15 is 0 Å². The van der Waals surface area contributed by atoms with Crippen LogP contribution >= 0.6 is 0 Å². The van der Waals surface area contributed by atoms with Gasteiger partial charge in [-0.1, -0.05) is 24.3 Å². The van der Waals surface area contributed by atoms with Crippen molar-refractivity contribution >= 4 is 16.9 Å². The van der Waals surface area contributed by atoms with Gasteiger partial charge in [0.2, 0.25) is 0 Å². The van der Waals surface area contributed by atoms with E-state index in [2.05, 4.69) is 15.3 Å². The average molecular weight is 399 g/mol. The van der Waals surface area contributed by atoms with Gasteiger partial charge in [-0.2, -0.15) is 0 Å². The first-order valence-corrected chi connectivity index (χ1v) is 9.56. The molecule has 0 unspecified atom stereocenters. The van der Waals surface area contributed by atoms with Crippen molar-refractivity contribution in [2.24, 2.45) is 0 Å². The number of para-hydroxylation sites is 2. The van der Waals surface area contributed by atoms with Gasteiger partial charge in [-0.15, -0.1) is 0 Å². The highest BCUT2D eigenvalue weighted by atomic mass is 16.5. The molecule has 3 aromatic carbocycles. The molecule has 0 saturated carbocycles. The van der Waals surface area contributed by atoms with E-state index in [1.54, 1.807) is 13.3 Å². The largest absolute Gasteiger partial charge is 0.497 e. The first-order chi connectivity index (χ1) is 14.7. The number of hydrogen-bond donors (Lipinski definition) is 1. The van der Waals surface area contributed by atoms with Crippen molar-refractivity contribution in [2.75, 3.05) is 13.7 Å². The van der Waals surface area contributed by atoms with Crippen molar-refractivity contribution in [3.05, 3.63) is 84.6 Å². The Bertz CT molecular complexity index is 1140. The molecule has 1 N–H and O–H groups in total. The van der Waals surface area contributed by atoms with E-state index in [4.69, 9.17) is 9.47 Å². The molecule has 1 heterocycles. The Morgan fingerprint density at radius 2 is 1.60 bits per heavy atom. The van der Waals surface area contributed by atoms with Crippen molar-refractivity contribution in [3.63, 3.8) is 0 Å². The number of benzene rings is 3. The molecule has 150 valence electrons. The molecule has 0 saturated heterocycles. The van der Waals surface area contributed by atoms with E-state index in [1.165, 1.54) is 0 Å². The maximum absolute atomic E-state index is 12.0. The highest BCUT2D eigenvalue weighted by molar-refractivity contribution is 5.78. The summed E-state index contributed by atoms with van der Waals surface area (Å²) >= 11 is 0. The first-order valence-electron chi connectivity index (χ1n) is 9.56. The number of hydrogen-bond acceptors (Lipinski definition) is 5. The molecule has 4 aromatic rings. The smallest absolute Gasteiger partial charge is 0.258 e. The summed E-state index contributed by atoms with van der Waals surface area (Å²) in [6, 6.07) is 22.8. The summed E-state index contributed by atoms with van der Waals surface area (Å²) < 4.78 is 10.7. The Kier molecular flexibility index (Phi) is 5.85. The van der Waals surface area contributed by atoms with Crippen LogP contribution in [0, 0.1) is 0 Å². The molecule has 0 radical (unpaired) electrons. The molecule has 0 aliphatic heterocycles. The van der Waals surface area contributed by atoms with Crippen LogP contribution in [0.4, 0.5) is 0 Å². The molecule has 0 aliphatic carbocycles. The van der Waals surface area contributed by atoms with E-state index in [1.807, 2.05) is 72.8 Å². The van der Waals surface area contributed by atoms with Gasteiger partial charge in [0.1, 0.15) is 11.5 Å². The molecule has 0 fully saturated rings. The molecule has 4 rings (SSSR count). The van der Waals surface area contributed by atoms with Gasteiger partial charge >= 0.3 is 0 Å². The third kappa shape index (κ3) is 4.72. The molecule has 6 nitrogen and oxygen atoms in total. The predicted molar refractivity (Wildman–Crippen MR) is 115 cm³/mol. The molecule has 0 spiro atoms. The minimum Gasteiger partial charge on any atom is -0.497 e. The number of carbonyl (C=O) groups is 1. The molecule has 1 amide bonds. The number of carbonyl (C=O) groups excluding carboxylic acids is 1. The maximum atomic E-state index is 12.0. The maximum Gasteiger partial charge on any atom is 0.258 e. The van der Waals surface area contributed by atoms with Gasteiger partial charge in [0.25, 0.3) is 5.91 Å². The molecule has 0 bridgehead atoms. The van der Waals surface area contributed by atoms with Gasteiger partial charge in [0, 0.05) is 12.1 Å². The predicted octanol–water partition coefficient (Wildman–Crippen LogP) is 4.00. The standard InChI is InChI=1S/C24H21N3O3/c1-29-19-10-6-17(7-11-19)14-26-24(28)16-30-20-12-8-18(9-13-20)23-15-25-21-4-2-3-5-22(21)27-23/h2-13,15H,14,16H2,1H3,(H,26,28). The van der Waals surface area contributed by atoms with E-state index in [0.717, 1.165) is 33.6 Å². The summed E-state index contributed by atoms with van der Waals surface area (Å²) in [6.07, 6.45) is 1.75. The highest BCUT2D eigenvalue weighted by Crippen LogP contribution is 2.22. The second-order valence-corrected chi connectivity index (χ2v) is 6.68. The normalized spacial score (nSPS) is 10.6. The summed E-state index contributed by atoms with van der Waals surface area (Å²) in [6.45, 7) is 0.386. The Hall–Kier alpha value is -3.93. The lowest BCUT2D eigenvalue weighted by molar-refractivity contribution is -0.123. The van der Waals surface area contributed by atoms with Crippen LogP contribution in [0.3, 0.4) is 0 Å². The SMILES string of the molecule is COc1ccc(CNC(=O)COc2ccc(-c3cnc4ccccc4n3)cc2)cc1. The fourth-order valence-corrected chi connectivity index (χ4v) is 2.96. The quantitative estimate of drug-likeness (QED) is 0.508. The average Bonchev–Trinajstić information content (AvgIpc) is 2.81. The summed E-state index contributed by atoms with van der Waals surface area (Å²) in [5.74, 6) is 1.22. The van der Waals surface area contributed by atoms with Crippen molar-refractivity contribution in [3.8, 4) is 22.8 Å². The Labute approximate surface area is 174 Å². The minimum atomic E-state index is -0.185. The number of ether oxygens (including phenoxy) is 2. The monoisotopic (exact) mass is 399 g/mol. The molecule has 0 atom stereocenters. The zero-order valence-corrected chi connectivity index (χ0v) is 16.5. The van der Waals surface area contributed by atoms with Crippen LogP contribution in [-0.4, -0.2) is 29.6 Å². The zero-order chi connectivity index (χ0) is 20.8. The van der Waals surface area contributed by atoms with E-state index in [9.17, 15) is 4.79 Å². The van der Waals surface area contributed by atoms with Crippen molar-refractivity contribution in [1.82, 2.24) is 15.3 Å². The summed E-state index contributed by atoms with van der Waals surface area (Å²) in [5, 5.41) is 2.84. The van der Waals surface area contributed by atoms with Crippen LogP contribution in [-0.2, 0) is 11.3 Å². The van der Waals surface area contributed by atoms with Crippen LogP contribution in [0.2, 0.25) is 0 Å². The molecular formula is C24H21N3O3. The summed E-state index contributed by atoms with van der Waals surface area (Å²) in [5.41, 5.74) is 4.43. The topological polar surface area (TPSA) is 73.3 Å². The lowest BCUT2D eigenvalue weighted by atomic mass is 10.1. The lowest BCUT2D eigenvalue weighted by Gasteiger charge is -2.09. The van der Waals surface area contributed by atoms with Gasteiger partial charge in [-0.05, 0) is 54.1 Å². The van der Waals surface area contributed by atoms with Crippen LogP contribution in [0.25, 0.3) is 22.3 Å². The lowest BCUT2D eigenvalue weighted by Crippen LogP contribution is -2.28. The van der Waals surface area contributed by atoms with Crippen LogP contribution in [0.5, 0.6) is 11.5 Å². The van der Waals surface area contributed by atoms with Crippen molar-refractivity contribution < 1.29 is 14.3 Å². The number of methoxy groups -OCH3 is 1. The van der Waals surface area contributed by atoms with E-state index in [-0.39, 0.29) is 12.5 Å². The molecule has 30 heavy (non-hydrogen) atoms. The Morgan fingerprint density at radius 3 is 2.33 bits per heavy atom. The first kappa shape index (κ1) is 19.4. The third-order valence-corrected chi connectivity index (χ3v) is 4.62. The third-order valence-electron chi connectivity index (χ3n) is 4.62. The fourth-order valence-electron chi connectivity index (χ4n) is 2.96. The van der Waals surface area contributed by atoms with Gasteiger partial charge in [0.05, 0.1) is 30.0 Å². The highest BCUT2D eigenvalue weighted by Gasteiger charge is 2.06. The number of nitrogens with one attached hydrogen (secondary N) is 1. The van der Waals surface area contributed by atoms with Crippen molar-refractivity contribution in [1.29, 1.82) is 0 Å². The van der Waals surface area contributed by atoms with E-state index < -0.39 is 0 Å². The van der Waals surface area contributed by atoms with E-state index in [0.29, 0.717) is 12.3 Å². The number of fused-ring (bicyclic) bond motifs is 1. The fraction of sp³-hybridized carbons (Fsp3) is 0.125. The minimum absolute atomic E-state index is 0.0503. The van der Waals surface area contributed by atoms with Crippen LogP contribution in [0.1, 0.15) is 5.56 Å².